The van der Waals surface area contributed by atoms with E-state index in [-0.39, 0.29) is 36.0 Å². The van der Waals surface area contributed by atoms with Crippen LogP contribution in [0, 0.1) is 11.7 Å². The molecule has 1 aromatic heterocycles. The van der Waals surface area contributed by atoms with Gasteiger partial charge in [0.2, 0.25) is 5.91 Å². The Balaban J connectivity index is 1.81. The van der Waals surface area contributed by atoms with Crippen LogP contribution in [0.2, 0.25) is 0 Å². The van der Waals surface area contributed by atoms with Gasteiger partial charge in [0.15, 0.2) is 0 Å². The van der Waals surface area contributed by atoms with E-state index in [9.17, 15) is 14.0 Å². The first kappa shape index (κ1) is 18.2. The van der Waals surface area contributed by atoms with Gasteiger partial charge in [0, 0.05) is 32.3 Å². The maximum atomic E-state index is 13.2. The second kappa shape index (κ2) is 7.72. The molecule has 2 aromatic rings. The van der Waals surface area contributed by atoms with Crippen LogP contribution < -0.4 is 0 Å². The molecule has 1 N–H and O–H groups in total. The fourth-order valence-corrected chi connectivity index (χ4v) is 3.36. The lowest BCUT2D eigenvalue weighted by Crippen LogP contribution is -2.47. The number of hydrogen-bond acceptors (Lipinski definition) is 2. The molecule has 1 aliphatic heterocycles. The lowest BCUT2D eigenvalue weighted by Gasteiger charge is -2.34. The molecule has 0 radical (unpaired) electrons. The summed E-state index contributed by atoms with van der Waals surface area (Å²) in [7, 11) is 0. The predicted molar refractivity (Wildman–Crippen MR) is 96.9 cm³/mol. The number of aromatic nitrogens is 1. The fraction of sp³-hybridized carbons (Fsp3) is 0.400. The molecule has 3 rings (SSSR count). The summed E-state index contributed by atoms with van der Waals surface area (Å²) in [5.74, 6) is -0.164. The van der Waals surface area contributed by atoms with Crippen molar-refractivity contribution in [3.05, 3.63) is 59.7 Å². The van der Waals surface area contributed by atoms with Crippen LogP contribution in [0.4, 0.5) is 4.39 Å². The zero-order valence-electron chi connectivity index (χ0n) is 15.1. The Bertz CT molecular complexity index is 756. The van der Waals surface area contributed by atoms with E-state index in [2.05, 4.69) is 18.8 Å². The van der Waals surface area contributed by atoms with Crippen LogP contribution in [0.5, 0.6) is 0 Å². The predicted octanol–water partition coefficient (Wildman–Crippen LogP) is 3.05. The van der Waals surface area contributed by atoms with Crippen molar-refractivity contribution in [3.63, 3.8) is 0 Å². The highest BCUT2D eigenvalue weighted by atomic mass is 19.1. The summed E-state index contributed by atoms with van der Waals surface area (Å²) in [5.41, 5.74) is 1.42. The molecule has 0 spiro atoms. The summed E-state index contributed by atoms with van der Waals surface area (Å²) in [5, 5.41) is 0. The number of halogens is 1. The molecule has 138 valence electrons. The smallest absolute Gasteiger partial charge is 0.270 e. The Morgan fingerprint density at radius 3 is 2.62 bits per heavy atom. The number of nitrogens with zero attached hydrogens (tertiary/aromatic N) is 2. The third-order valence-corrected chi connectivity index (χ3v) is 4.88. The zero-order valence-corrected chi connectivity index (χ0v) is 15.1. The fourth-order valence-electron chi connectivity index (χ4n) is 3.36. The van der Waals surface area contributed by atoms with Gasteiger partial charge >= 0.3 is 0 Å². The number of benzene rings is 1. The minimum atomic E-state index is -0.293. The monoisotopic (exact) mass is 357 g/mol. The molecule has 0 bridgehead atoms. The summed E-state index contributed by atoms with van der Waals surface area (Å²) in [6.07, 6.45) is 2.01. The quantitative estimate of drug-likeness (QED) is 0.914. The number of rotatable bonds is 4. The molecule has 1 saturated heterocycles. The highest BCUT2D eigenvalue weighted by Crippen LogP contribution is 2.22. The van der Waals surface area contributed by atoms with Crippen LogP contribution in [0.3, 0.4) is 0 Å². The van der Waals surface area contributed by atoms with E-state index >= 15 is 0 Å². The SMILES string of the molecule is CC(C)[C@H]1CN(C(=O)c2ccc[nH]2)CCC(=O)N1Cc1ccc(F)cc1. The number of carbonyl (C=O) groups is 2. The Morgan fingerprint density at radius 2 is 2.00 bits per heavy atom. The van der Waals surface area contributed by atoms with Crippen molar-refractivity contribution >= 4 is 11.8 Å². The number of hydrogen-bond donors (Lipinski definition) is 1. The normalized spacial score (nSPS) is 18.3. The molecule has 1 aliphatic rings. The van der Waals surface area contributed by atoms with Crippen molar-refractivity contribution in [3.8, 4) is 0 Å². The topological polar surface area (TPSA) is 56.4 Å². The molecular weight excluding hydrogens is 333 g/mol. The third-order valence-electron chi connectivity index (χ3n) is 4.88. The van der Waals surface area contributed by atoms with Crippen LogP contribution in [-0.2, 0) is 11.3 Å². The molecule has 0 aliphatic carbocycles. The molecular formula is C20H24FN3O2. The lowest BCUT2D eigenvalue weighted by molar-refractivity contribution is -0.134. The molecule has 5 nitrogen and oxygen atoms in total. The van der Waals surface area contributed by atoms with E-state index < -0.39 is 0 Å². The first-order valence-corrected chi connectivity index (χ1v) is 8.92. The van der Waals surface area contributed by atoms with Crippen molar-refractivity contribution in [2.45, 2.75) is 32.9 Å². The number of amides is 2. The average Bonchev–Trinajstić information content (AvgIpc) is 3.10. The zero-order chi connectivity index (χ0) is 18.7. The average molecular weight is 357 g/mol. The highest BCUT2D eigenvalue weighted by molar-refractivity contribution is 5.93. The van der Waals surface area contributed by atoms with Gasteiger partial charge in [-0.1, -0.05) is 26.0 Å². The van der Waals surface area contributed by atoms with Gasteiger partial charge in [-0.05, 0) is 35.7 Å². The Kier molecular flexibility index (Phi) is 5.40. The molecule has 1 fully saturated rings. The summed E-state index contributed by atoms with van der Waals surface area (Å²) >= 11 is 0. The Labute approximate surface area is 152 Å². The molecule has 1 atom stereocenters. The molecule has 2 heterocycles. The molecule has 6 heteroatoms. The van der Waals surface area contributed by atoms with Crippen LogP contribution >= 0.6 is 0 Å². The van der Waals surface area contributed by atoms with Gasteiger partial charge in [0.05, 0.1) is 6.04 Å². The number of H-pyrrole nitrogens is 1. The van der Waals surface area contributed by atoms with Crippen molar-refractivity contribution in [1.29, 1.82) is 0 Å². The van der Waals surface area contributed by atoms with E-state index in [4.69, 9.17) is 0 Å². The first-order chi connectivity index (χ1) is 12.5. The van der Waals surface area contributed by atoms with Gasteiger partial charge in [-0.3, -0.25) is 9.59 Å². The minimum Gasteiger partial charge on any atom is -0.357 e. The maximum Gasteiger partial charge on any atom is 0.270 e. The second-order valence-corrected chi connectivity index (χ2v) is 7.04. The van der Waals surface area contributed by atoms with Gasteiger partial charge in [-0.2, -0.15) is 0 Å². The van der Waals surface area contributed by atoms with Gasteiger partial charge in [0.25, 0.3) is 5.91 Å². The molecule has 1 aromatic carbocycles. The Hall–Kier alpha value is -2.63. The van der Waals surface area contributed by atoms with Gasteiger partial charge in [-0.25, -0.2) is 4.39 Å². The van der Waals surface area contributed by atoms with Crippen molar-refractivity contribution in [2.75, 3.05) is 13.1 Å². The number of carbonyl (C=O) groups excluding carboxylic acids is 2. The van der Waals surface area contributed by atoms with E-state index in [1.165, 1.54) is 12.1 Å². The summed E-state index contributed by atoms with van der Waals surface area (Å²) < 4.78 is 13.2. The summed E-state index contributed by atoms with van der Waals surface area (Å²) in [4.78, 5) is 32.0. The summed E-state index contributed by atoms with van der Waals surface area (Å²) in [6, 6.07) is 9.66. The first-order valence-electron chi connectivity index (χ1n) is 8.92. The van der Waals surface area contributed by atoms with Crippen molar-refractivity contribution in [1.82, 2.24) is 14.8 Å². The minimum absolute atomic E-state index is 0.0230. The van der Waals surface area contributed by atoms with Crippen LogP contribution in [0.15, 0.2) is 42.6 Å². The van der Waals surface area contributed by atoms with E-state index in [1.54, 1.807) is 35.4 Å². The van der Waals surface area contributed by atoms with Crippen LogP contribution in [0.25, 0.3) is 0 Å². The van der Waals surface area contributed by atoms with Gasteiger partial charge in [-0.15, -0.1) is 0 Å². The van der Waals surface area contributed by atoms with Crippen molar-refractivity contribution in [2.24, 2.45) is 5.92 Å². The van der Waals surface area contributed by atoms with E-state index in [0.29, 0.717) is 25.3 Å². The third kappa shape index (κ3) is 3.95. The summed E-state index contributed by atoms with van der Waals surface area (Å²) in [6.45, 7) is 5.42. The molecule has 26 heavy (non-hydrogen) atoms. The Morgan fingerprint density at radius 1 is 1.27 bits per heavy atom. The van der Waals surface area contributed by atoms with E-state index in [0.717, 1.165) is 5.56 Å². The van der Waals surface area contributed by atoms with Crippen LogP contribution in [0.1, 0.15) is 36.3 Å². The number of aromatic amines is 1. The molecule has 0 unspecified atom stereocenters. The largest absolute Gasteiger partial charge is 0.357 e. The van der Waals surface area contributed by atoms with Crippen molar-refractivity contribution < 1.29 is 14.0 Å². The van der Waals surface area contributed by atoms with Gasteiger partial charge in [0.1, 0.15) is 11.5 Å². The highest BCUT2D eigenvalue weighted by Gasteiger charge is 2.33. The number of nitrogens with one attached hydrogen (secondary N) is 1. The lowest BCUT2D eigenvalue weighted by atomic mass is 10.0. The van der Waals surface area contributed by atoms with E-state index in [1.807, 2.05) is 4.90 Å². The molecule has 0 saturated carbocycles. The molecule has 2 amide bonds. The second-order valence-electron chi connectivity index (χ2n) is 7.04. The maximum absolute atomic E-state index is 13.2. The van der Waals surface area contributed by atoms with Gasteiger partial charge < -0.3 is 14.8 Å². The standard InChI is InChI=1S/C20H24FN3O2/c1-14(2)18-13-23(20(26)17-4-3-10-22-17)11-9-19(25)24(18)12-15-5-7-16(21)8-6-15/h3-8,10,14,18,22H,9,11-13H2,1-2H3/t18-/m1/s1. The van der Waals surface area contributed by atoms with Crippen LogP contribution in [-0.4, -0.2) is 45.7 Å².